The Hall–Kier alpha value is -2.11. The maximum atomic E-state index is 11.7. The zero-order valence-corrected chi connectivity index (χ0v) is 9.50. The van der Waals surface area contributed by atoms with Crippen molar-refractivity contribution in [3.05, 3.63) is 24.5 Å². The number of hydrogen-bond acceptors (Lipinski definition) is 4. The highest BCUT2D eigenvalue weighted by Gasteiger charge is 2.28. The Labute approximate surface area is 98.2 Å². The summed E-state index contributed by atoms with van der Waals surface area (Å²) < 4.78 is 1.69. The van der Waals surface area contributed by atoms with Crippen molar-refractivity contribution in [2.24, 2.45) is 0 Å². The summed E-state index contributed by atoms with van der Waals surface area (Å²) in [5.41, 5.74) is 0.772. The van der Waals surface area contributed by atoms with Crippen LogP contribution in [0.15, 0.2) is 24.5 Å². The van der Waals surface area contributed by atoms with Gasteiger partial charge in [-0.2, -0.15) is 5.10 Å². The molecule has 1 fully saturated rings. The van der Waals surface area contributed by atoms with E-state index in [4.69, 9.17) is 0 Å². The second-order valence-electron chi connectivity index (χ2n) is 4.19. The van der Waals surface area contributed by atoms with E-state index in [9.17, 15) is 4.79 Å². The molecule has 1 atom stereocenters. The lowest BCUT2D eigenvalue weighted by atomic mass is 10.2. The summed E-state index contributed by atoms with van der Waals surface area (Å²) in [5, 5.41) is 7.23. The lowest BCUT2D eigenvalue weighted by molar-refractivity contribution is -0.127. The number of nitrogens with zero attached hydrogens (tertiary/aromatic N) is 4. The molecule has 0 saturated carbocycles. The van der Waals surface area contributed by atoms with E-state index in [0.717, 1.165) is 18.6 Å². The summed E-state index contributed by atoms with van der Waals surface area (Å²) in [5.74, 6) is 0.840. The fraction of sp³-hybridized carbons (Fsp3) is 0.364. The summed E-state index contributed by atoms with van der Waals surface area (Å²) in [4.78, 5) is 17.8. The van der Waals surface area contributed by atoms with E-state index in [-0.39, 0.29) is 11.9 Å². The molecule has 1 amide bonds. The minimum Gasteiger partial charge on any atom is -0.358 e. The number of hydrogen-bond donors (Lipinski definition) is 1. The number of fused-ring (bicyclic) bond motifs is 1. The maximum absolute atomic E-state index is 11.7. The fourth-order valence-corrected chi connectivity index (χ4v) is 2.03. The van der Waals surface area contributed by atoms with Crippen LogP contribution in [0.1, 0.15) is 6.42 Å². The number of aromatic nitrogens is 3. The van der Waals surface area contributed by atoms with Gasteiger partial charge >= 0.3 is 0 Å². The standard InChI is InChI=1S/C11H13N5O/c1-15-6-3-8(11(15)17)13-9-4-7-16-10(14-9)2-5-12-16/h2,4-5,7-8H,3,6H2,1H3,(H,13,14). The van der Waals surface area contributed by atoms with Gasteiger partial charge in [0.05, 0.1) is 6.20 Å². The summed E-state index contributed by atoms with van der Waals surface area (Å²) in [6.45, 7) is 0.797. The van der Waals surface area contributed by atoms with Crippen LogP contribution in [-0.2, 0) is 4.79 Å². The quantitative estimate of drug-likeness (QED) is 0.811. The van der Waals surface area contributed by atoms with Gasteiger partial charge in [0.25, 0.3) is 0 Å². The van der Waals surface area contributed by atoms with Gasteiger partial charge in [0.1, 0.15) is 11.9 Å². The van der Waals surface area contributed by atoms with Gasteiger partial charge in [-0.3, -0.25) is 4.79 Å². The lowest BCUT2D eigenvalue weighted by Gasteiger charge is -2.12. The van der Waals surface area contributed by atoms with E-state index in [2.05, 4.69) is 15.4 Å². The topological polar surface area (TPSA) is 62.5 Å². The smallest absolute Gasteiger partial charge is 0.244 e. The molecule has 3 rings (SSSR count). The molecule has 1 aliphatic heterocycles. The molecule has 3 heterocycles. The van der Waals surface area contributed by atoms with Gasteiger partial charge in [-0.05, 0) is 12.5 Å². The highest BCUT2D eigenvalue weighted by molar-refractivity contribution is 5.86. The van der Waals surface area contributed by atoms with Crippen LogP contribution in [0.5, 0.6) is 0 Å². The normalized spacial score (nSPS) is 20.2. The molecule has 17 heavy (non-hydrogen) atoms. The van der Waals surface area contributed by atoms with E-state index in [0.29, 0.717) is 5.82 Å². The summed E-state index contributed by atoms with van der Waals surface area (Å²) >= 11 is 0. The monoisotopic (exact) mass is 231 g/mol. The number of nitrogens with one attached hydrogen (secondary N) is 1. The molecular formula is C11H13N5O. The molecule has 0 aliphatic carbocycles. The van der Waals surface area contributed by atoms with Crippen LogP contribution in [0, 0.1) is 0 Å². The first-order chi connectivity index (χ1) is 8.24. The van der Waals surface area contributed by atoms with Crippen LogP contribution >= 0.6 is 0 Å². The van der Waals surface area contributed by atoms with Crippen molar-refractivity contribution in [2.45, 2.75) is 12.5 Å². The second-order valence-corrected chi connectivity index (χ2v) is 4.19. The van der Waals surface area contributed by atoms with E-state index in [1.807, 2.05) is 25.4 Å². The molecule has 1 aliphatic rings. The number of carbonyl (C=O) groups excluding carboxylic acids is 1. The first-order valence-electron chi connectivity index (χ1n) is 5.56. The molecule has 1 N–H and O–H groups in total. The van der Waals surface area contributed by atoms with Gasteiger partial charge in [0.15, 0.2) is 5.65 Å². The number of likely N-dealkylation sites (N-methyl/N-ethyl adjacent to an activating group) is 1. The molecule has 6 heteroatoms. The van der Waals surface area contributed by atoms with Gasteiger partial charge in [0, 0.05) is 25.9 Å². The van der Waals surface area contributed by atoms with Crippen LogP contribution < -0.4 is 5.32 Å². The van der Waals surface area contributed by atoms with Crippen molar-refractivity contribution in [1.82, 2.24) is 19.5 Å². The molecule has 2 aromatic heterocycles. The van der Waals surface area contributed by atoms with Gasteiger partial charge in [0.2, 0.25) is 5.91 Å². The average molecular weight is 231 g/mol. The Morgan fingerprint density at radius 2 is 2.35 bits per heavy atom. The van der Waals surface area contributed by atoms with Crippen LogP contribution in [0.3, 0.4) is 0 Å². The minimum atomic E-state index is -0.155. The van der Waals surface area contributed by atoms with E-state index >= 15 is 0 Å². The number of carbonyl (C=O) groups is 1. The Balaban J connectivity index is 1.82. The summed E-state index contributed by atoms with van der Waals surface area (Å²) in [7, 11) is 1.82. The molecule has 6 nitrogen and oxygen atoms in total. The Morgan fingerprint density at radius 1 is 1.47 bits per heavy atom. The number of anilines is 1. The van der Waals surface area contributed by atoms with Crippen molar-refractivity contribution < 1.29 is 4.79 Å². The molecule has 1 unspecified atom stereocenters. The third kappa shape index (κ3) is 1.71. The zero-order chi connectivity index (χ0) is 11.8. The van der Waals surface area contributed by atoms with Crippen LogP contribution in [0.4, 0.5) is 5.82 Å². The van der Waals surface area contributed by atoms with Crippen LogP contribution in [0.2, 0.25) is 0 Å². The van der Waals surface area contributed by atoms with E-state index in [1.165, 1.54) is 0 Å². The van der Waals surface area contributed by atoms with Crippen molar-refractivity contribution in [3.8, 4) is 0 Å². The largest absolute Gasteiger partial charge is 0.358 e. The fourth-order valence-electron chi connectivity index (χ4n) is 2.03. The molecular weight excluding hydrogens is 218 g/mol. The van der Waals surface area contributed by atoms with Gasteiger partial charge in [-0.1, -0.05) is 0 Å². The Bertz CT molecular complexity index is 564. The Kier molecular flexibility index (Phi) is 2.21. The number of amides is 1. The predicted molar refractivity (Wildman–Crippen MR) is 62.7 cm³/mol. The van der Waals surface area contributed by atoms with Gasteiger partial charge in [-0.15, -0.1) is 0 Å². The SMILES string of the molecule is CN1CCC(Nc2ccn3nccc3n2)C1=O. The van der Waals surface area contributed by atoms with Crippen molar-refractivity contribution in [1.29, 1.82) is 0 Å². The Morgan fingerprint density at radius 3 is 3.12 bits per heavy atom. The summed E-state index contributed by atoms with van der Waals surface area (Å²) in [6, 6.07) is 3.50. The van der Waals surface area contributed by atoms with E-state index < -0.39 is 0 Å². The molecule has 0 radical (unpaired) electrons. The van der Waals surface area contributed by atoms with Gasteiger partial charge < -0.3 is 10.2 Å². The maximum Gasteiger partial charge on any atom is 0.244 e. The molecule has 0 spiro atoms. The lowest BCUT2D eigenvalue weighted by Crippen LogP contribution is -2.31. The summed E-state index contributed by atoms with van der Waals surface area (Å²) in [6.07, 6.45) is 4.34. The zero-order valence-electron chi connectivity index (χ0n) is 9.50. The predicted octanol–water partition coefficient (Wildman–Crippen LogP) is 0.372. The highest BCUT2D eigenvalue weighted by atomic mass is 16.2. The molecule has 88 valence electrons. The van der Waals surface area contributed by atoms with Crippen LogP contribution in [-0.4, -0.2) is 45.0 Å². The number of rotatable bonds is 2. The average Bonchev–Trinajstić information content (AvgIpc) is 2.90. The second kappa shape index (κ2) is 3.73. The van der Waals surface area contributed by atoms with Crippen molar-refractivity contribution in [3.63, 3.8) is 0 Å². The minimum absolute atomic E-state index is 0.125. The van der Waals surface area contributed by atoms with Crippen molar-refractivity contribution in [2.75, 3.05) is 18.9 Å². The van der Waals surface area contributed by atoms with Crippen LogP contribution in [0.25, 0.3) is 5.65 Å². The molecule has 2 aromatic rings. The first kappa shape index (κ1) is 10.1. The van der Waals surface area contributed by atoms with Gasteiger partial charge in [-0.25, -0.2) is 9.50 Å². The molecule has 0 bridgehead atoms. The molecule has 1 saturated heterocycles. The number of likely N-dealkylation sites (tertiary alicyclic amines) is 1. The third-order valence-corrected chi connectivity index (χ3v) is 3.01. The highest BCUT2D eigenvalue weighted by Crippen LogP contribution is 2.14. The van der Waals surface area contributed by atoms with Crippen molar-refractivity contribution >= 4 is 17.4 Å². The van der Waals surface area contributed by atoms with E-state index in [1.54, 1.807) is 15.6 Å². The first-order valence-corrected chi connectivity index (χ1v) is 5.56. The molecule has 0 aromatic carbocycles. The third-order valence-electron chi connectivity index (χ3n) is 3.01.